The first kappa shape index (κ1) is 17.1. The van der Waals surface area contributed by atoms with E-state index < -0.39 is 0 Å². The first-order valence-corrected chi connectivity index (χ1v) is 6.88. The van der Waals surface area contributed by atoms with Crippen molar-refractivity contribution in [1.29, 1.82) is 0 Å². The predicted molar refractivity (Wildman–Crippen MR) is 94.2 cm³/mol. The number of ether oxygens (including phenoxy) is 1. The van der Waals surface area contributed by atoms with Gasteiger partial charge in [0.1, 0.15) is 11.9 Å². The summed E-state index contributed by atoms with van der Waals surface area (Å²) >= 11 is 0. The Balaban J connectivity index is 0.00000200. The number of halogens is 1. The third-order valence-corrected chi connectivity index (χ3v) is 3.11. The molecule has 4 nitrogen and oxygen atoms in total. The Hall–Kier alpha value is -0.980. The van der Waals surface area contributed by atoms with E-state index in [1.54, 1.807) is 7.05 Å². The molecule has 0 bridgehead atoms. The van der Waals surface area contributed by atoms with Crippen LogP contribution in [0.15, 0.2) is 29.3 Å². The molecule has 0 amide bonds. The highest BCUT2D eigenvalue weighted by Crippen LogP contribution is 2.27. The van der Waals surface area contributed by atoms with Crippen LogP contribution in [0.3, 0.4) is 0 Å². The molecule has 0 fully saturated rings. The fourth-order valence-corrected chi connectivity index (χ4v) is 2.10. The van der Waals surface area contributed by atoms with Gasteiger partial charge in [0.2, 0.25) is 0 Å². The molecule has 5 heteroatoms. The van der Waals surface area contributed by atoms with Crippen LogP contribution in [0.1, 0.15) is 19.4 Å². The molecule has 1 aromatic rings. The van der Waals surface area contributed by atoms with E-state index in [0.717, 1.165) is 31.2 Å². The molecule has 1 aliphatic rings. The first-order valence-electron chi connectivity index (χ1n) is 6.88. The van der Waals surface area contributed by atoms with Gasteiger partial charge in [-0.25, -0.2) is 0 Å². The summed E-state index contributed by atoms with van der Waals surface area (Å²) < 4.78 is 5.88. The van der Waals surface area contributed by atoms with E-state index in [-0.39, 0.29) is 30.1 Å². The van der Waals surface area contributed by atoms with Crippen molar-refractivity contribution in [2.75, 3.05) is 20.1 Å². The lowest BCUT2D eigenvalue weighted by Crippen LogP contribution is -2.43. The summed E-state index contributed by atoms with van der Waals surface area (Å²) in [5.41, 5.74) is 1.29. The monoisotopic (exact) mass is 389 g/mol. The average molecular weight is 389 g/mol. The summed E-state index contributed by atoms with van der Waals surface area (Å²) in [6, 6.07) is 8.22. The van der Waals surface area contributed by atoms with E-state index in [4.69, 9.17) is 4.74 Å². The van der Waals surface area contributed by atoms with Gasteiger partial charge < -0.3 is 15.4 Å². The van der Waals surface area contributed by atoms with Crippen LogP contribution < -0.4 is 15.4 Å². The quantitative estimate of drug-likeness (QED) is 0.473. The Labute approximate surface area is 138 Å². The number of nitrogens with zero attached hydrogens (tertiary/aromatic N) is 1. The summed E-state index contributed by atoms with van der Waals surface area (Å²) in [5.74, 6) is 2.46. The lowest BCUT2D eigenvalue weighted by atomic mass is 10.1. The molecule has 0 saturated heterocycles. The lowest BCUT2D eigenvalue weighted by molar-refractivity contribution is 0.235. The zero-order valence-electron chi connectivity index (χ0n) is 12.3. The summed E-state index contributed by atoms with van der Waals surface area (Å²) in [6.45, 7) is 6.05. The Kier molecular flexibility index (Phi) is 7.12. The van der Waals surface area contributed by atoms with Crippen LogP contribution in [-0.4, -0.2) is 32.2 Å². The van der Waals surface area contributed by atoms with Crippen molar-refractivity contribution in [2.24, 2.45) is 10.9 Å². The molecule has 1 atom stereocenters. The molecule has 0 aromatic heterocycles. The number of guanidine groups is 1. The van der Waals surface area contributed by atoms with Gasteiger partial charge >= 0.3 is 0 Å². The number of nitrogens with one attached hydrogen (secondary N) is 2. The molecule has 0 aliphatic carbocycles. The van der Waals surface area contributed by atoms with Gasteiger partial charge in [0.25, 0.3) is 0 Å². The van der Waals surface area contributed by atoms with E-state index in [1.807, 2.05) is 12.1 Å². The number of benzene rings is 1. The summed E-state index contributed by atoms with van der Waals surface area (Å²) in [7, 11) is 1.79. The molecule has 20 heavy (non-hydrogen) atoms. The normalized spacial score (nSPS) is 17.2. The highest BCUT2D eigenvalue weighted by Gasteiger charge is 2.22. The van der Waals surface area contributed by atoms with Crippen LogP contribution >= 0.6 is 24.0 Å². The summed E-state index contributed by atoms with van der Waals surface area (Å²) in [4.78, 5) is 4.21. The minimum Gasteiger partial charge on any atom is -0.488 e. The molecule has 0 spiro atoms. The van der Waals surface area contributed by atoms with Gasteiger partial charge in [-0.1, -0.05) is 32.0 Å². The van der Waals surface area contributed by atoms with E-state index in [1.165, 1.54) is 5.56 Å². The van der Waals surface area contributed by atoms with Crippen molar-refractivity contribution in [1.82, 2.24) is 10.6 Å². The van der Waals surface area contributed by atoms with E-state index in [2.05, 4.69) is 41.6 Å². The number of hydrogen-bond donors (Lipinski definition) is 2. The molecule has 2 rings (SSSR count). The summed E-state index contributed by atoms with van der Waals surface area (Å²) in [6.07, 6.45) is 1.15. The molecule has 2 N–H and O–H groups in total. The number of fused-ring (bicyclic) bond motifs is 1. The largest absolute Gasteiger partial charge is 0.488 e. The predicted octanol–water partition coefficient (Wildman–Crippen LogP) is 2.43. The smallest absolute Gasteiger partial charge is 0.191 e. The molecule has 0 saturated carbocycles. The highest BCUT2D eigenvalue weighted by atomic mass is 127. The number of aliphatic imine (C=N–C) groups is 1. The second kappa shape index (κ2) is 8.34. The van der Waals surface area contributed by atoms with Gasteiger partial charge in [0.15, 0.2) is 5.96 Å². The molecule has 1 aliphatic heterocycles. The standard InChI is InChI=1S/C15H23N3O.HI/c1-11(2)9-17-15(16-3)18-10-13-8-12-6-4-5-7-14(12)19-13;/h4-7,11,13H,8-10H2,1-3H3,(H2,16,17,18);1H. The van der Waals surface area contributed by atoms with Crippen molar-refractivity contribution in [3.63, 3.8) is 0 Å². The topological polar surface area (TPSA) is 45.7 Å². The van der Waals surface area contributed by atoms with Crippen LogP contribution in [0.4, 0.5) is 0 Å². The number of rotatable bonds is 4. The zero-order chi connectivity index (χ0) is 13.7. The van der Waals surface area contributed by atoms with Crippen LogP contribution in [0.25, 0.3) is 0 Å². The molecule has 1 unspecified atom stereocenters. The van der Waals surface area contributed by atoms with E-state index in [9.17, 15) is 0 Å². The van der Waals surface area contributed by atoms with Crippen LogP contribution in [0.5, 0.6) is 5.75 Å². The van der Waals surface area contributed by atoms with Gasteiger partial charge in [0.05, 0.1) is 6.54 Å². The molecular weight excluding hydrogens is 365 g/mol. The molecular formula is C15H24IN3O. The Morgan fingerprint density at radius 1 is 1.35 bits per heavy atom. The minimum atomic E-state index is 0. The SMILES string of the molecule is CN=C(NCC(C)C)NCC1Cc2ccccc2O1.I. The number of hydrogen-bond acceptors (Lipinski definition) is 2. The highest BCUT2D eigenvalue weighted by molar-refractivity contribution is 14.0. The maximum absolute atomic E-state index is 5.88. The van der Waals surface area contributed by atoms with Gasteiger partial charge in [-0.2, -0.15) is 0 Å². The van der Waals surface area contributed by atoms with Gasteiger partial charge in [-0.05, 0) is 17.5 Å². The number of para-hydroxylation sites is 1. The second-order valence-corrected chi connectivity index (χ2v) is 5.28. The van der Waals surface area contributed by atoms with Crippen molar-refractivity contribution >= 4 is 29.9 Å². The Morgan fingerprint density at radius 2 is 2.10 bits per heavy atom. The van der Waals surface area contributed by atoms with E-state index in [0.29, 0.717) is 5.92 Å². The van der Waals surface area contributed by atoms with Gasteiger partial charge in [-0.3, -0.25) is 4.99 Å². The van der Waals surface area contributed by atoms with E-state index >= 15 is 0 Å². The molecule has 1 heterocycles. The lowest BCUT2D eigenvalue weighted by Gasteiger charge is -2.16. The van der Waals surface area contributed by atoms with Crippen molar-refractivity contribution in [2.45, 2.75) is 26.4 Å². The van der Waals surface area contributed by atoms with Crippen LogP contribution in [0.2, 0.25) is 0 Å². The second-order valence-electron chi connectivity index (χ2n) is 5.28. The third-order valence-electron chi connectivity index (χ3n) is 3.11. The Morgan fingerprint density at radius 3 is 2.75 bits per heavy atom. The zero-order valence-corrected chi connectivity index (χ0v) is 14.7. The molecule has 1 aromatic carbocycles. The Bertz CT molecular complexity index is 423. The van der Waals surface area contributed by atoms with Crippen LogP contribution in [0, 0.1) is 5.92 Å². The maximum atomic E-state index is 5.88. The van der Waals surface area contributed by atoms with Gasteiger partial charge in [-0.15, -0.1) is 24.0 Å². The molecule has 0 radical (unpaired) electrons. The molecule has 112 valence electrons. The van der Waals surface area contributed by atoms with Crippen molar-refractivity contribution in [3.8, 4) is 5.75 Å². The van der Waals surface area contributed by atoms with Crippen molar-refractivity contribution in [3.05, 3.63) is 29.8 Å². The third kappa shape index (κ3) is 4.85. The first-order chi connectivity index (χ1) is 9.19. The summed E-state index contributed by atoms with van der Waals surface area (Å²) in [5, 5.41) is 6.61. The van der Waals surface area contributed by atoms with Crippen LogP contribution in [-0.2, 0) is 6.42 Å². The van der Waals surface area contributed by atoms with Crippen molar-refractivity contribution < 1.29 is 4.74 Å². The fourth-order valence-electron chi connectivity index (χ4n) is 2.10. The van der Waals surface area contributed by atoms with Gasteiger partial charge in [0, 0.05) is 20.0 Å². The fraction of sp³-hybridized carbons (Fsp3) is 0.533. The minimum absolute atomic E-state index is 0. The maximum Gasteiger partial charge on any atom is 0.191 e. The average Bonchev–Trinajstić information content (AvgIpc) is 2.81.